The highest BCUT2D eigenvalue weighted by molar-refractivity contribution is 6.40. The number of anilines is 3. The van der Waals surface area contributed by atoms with Gasteiger partial charge < -0.3 is 19.9 Å². The molecule has 0 aromatic heterocycles. The van der Waals surface area contributed by atoms with Crippen molar-refractivity contribution in [3.8, 4) is 11.5 Å². The number of nitrogens with zero attached hydrogens (tertiary/aromatic N) is 1. The van der Waals surface area contributed by atoms with Crippen LogP contribution in [0.3, 0.4) is 0 Å². The number of benzene rings is 2. The fourth-order valence-electron chi connectivity index (χ4n) is 2.31. The van der Waals surface area contributed by atoms with Crippen LogP contribution < -0.4 is 20.1 Å². The molecule has 0 spiro atoms. The molecule has 0 bridgehead atoms. The molecule has 2 rings (SSSR count). The number of nitrogens with two attached hydrogens (primary N) is 1. The number of para-hydroxylation sites is 1. The summed E-state index contributed by atoms with van der Waals surface area (Å²) < 4.78 is 15.4. The van der Waals surface area contributed by atoms with Crippen molar-refractivity contribution in [3.63, 3.8) is 0 Å². The van der Waals surface area contributed by atoms with E-state index in [0.29, 0.717) is 28.6 Å². The van der Waals surface area contributed by atoms with Gasteiger partial charge in [0.15, 0.2) is 0 Å². The molecular formula is C18H20N2O5. The second-order valence-electron chi connectivity index (χ2n) is 4.96. The Morgan fingerprint density at radius 3 is 2.24 bits per heavy atom. The summed E-state index contributed by atoms with van der Waals surface area (Å²) in [4.78, 5) is 26.0. The lowest BCUT2D eigenvalue weighted by molar-refractivity contribution is -0.152. The lowest BCUT2D eigenvalue weighted by atomic mass is 10.2. The Morgan fingerprint density at radius 2 is 1.68 bits per heavy atom. The molecule has 0 atom stereocenters. The van der Waals surface area contributed by atoms with E-state index in [-0.39, 0.29) is 6.61 Å². The van der Waals surface area contributed by atoms with Crippen molar-refractivity contribution in [2.24, 2.45) is 0 Å². The molecule has 7 nitrogen and oxygen atoms in total. The van der Waals surface area contributed by atoms with Crippen molar-refractivity contribution in [1.82, 2.24) is 0 Å². The largest absolute Gasteiger partial charge is 0.495 e. The van der Waals surface area contributed by atoms with Crippen LogP contribution in [0.4, 0.5) is 17.1 Å². The predicted octanol–water partition coefficient (Wildman–Crippen LogP) is 2.51. The minimum absolute atomic E-state index is 0.0927. The zero-order chi connectivity index (χ0) is 18.4. The summed E-state index contributed by atoms with van der Waals surface area (Å²) in [5.41, 5.74) is 7.04. The van der Waals surface area contributed by atoms with Crippen molar-refractivity contribution >= 4 is 28.9 Å². The van der Waals surface area contributed by atoms with Gasteiger partial charge in [-0.2, -0.15) is 0 Å². The van der Waals surface area contributed by atoms with E-state index in [4.69, 9.17) is 19.9 Å². The van der Waals surface area contributed by atoms with Gasteiger partial charge in [-0.15, -0.1) is 0 Å². The molecule has 0 aliphatic carbocycles. The van der Waals surface area contributed by atoms with Gasteiger partial charge in [0, 0.05) is 17.8 Å². The summed E-state index contributed by atoms with van der Waals surface area (Å²) in [6.45, 7) is 1.72. The number of methoxy groups -OCH3 is 2. The maximum absolute atomic E-state index is 12.7. The average molecular weight is 344 g/mol. The van der Waals surface area contributed by atoms with Gasteiger partial charge in [0.2, 0.25) is 0 Å². The first kappa shape index (κ1) is 18.1. The molecule has 0 saturated heterocycles. The van der Waals surface area contributed by atoms with E-state index in [2.05, 4.69) is 0 Å². The summed E-state index contributed by atoms with van der Waals surface area (Å²) in [5.74, 6) is -1.14. The van der Waals surface area contributed by atoms with Gasteiger partial charge in [0.25, 0.3) is 0 Å². The van der Waals surface area contributed by atoms with E-state index in [1.165, 1.54) is 31.3 Å². The Morgan fingerprint density at radius 1 is 1.04 bits per heavy atom. The van der Waals surface area contributed by atoms with E-state index < -0.39 is 11.9 Å². The molecule has 1 amide bonds. The number of carbonyl (C=O) groups is 2. The third-order valence-corrected chi connectivity index (χ3v) is 3.44. The lowest BCUT2D eigenvalue weighted by Crippen LogP contribution is -2.34. The minimum atomic E-state index is -0.968. The summed E-state index contributed by atoms with van der Waals surface area (Å²) >= 11 is 0. The van der Waals surface area contributed by atoms with E-state index in [9.17, 15) is 9.59 Å². The molecule has 2 aromatic carbocycles. The Bertz CT molecular complexity index is 762. The monoisotopic (exact) mass is 344 g/mol. The van der Waals surface area contributed by atoms with Gasteiger partial charge in [-0.3, -0.25) is 9.69 Å². The van der Waals surface area contributed by atoms with E-state index in [1.807, 2.05) is 0 Å². The summed E-state index contributed by atoms with van der Waals surface area (Å²) in [5, 5.41) is 0. The van der Waals surface area contributed by atoms with Crippen molar-refractivity contribution in [3.05, 3.63) is 42.5 Å². The highest BCUT2D eigenvalue weighted by Crippen LogP contribution is 2.40. The zero-order valence-electron chi connectivity index (χ0n) is 14.3. The number of esters is 1. The first-order chi connectivity index (χ1) is 12.0. The van der Waals surface area contributed by atoms with Crippen LogP contribution in [0.15, 0.2) is 42.5 Å². The van der Waals surface area contributed by atoms with Gasteiger partial charge in [-0.1, -0.05) is 18.2 Å². The van der Waals surface area contributed by atoms with Crippen molar-refractivity contribution in [1.29, 1.82) is 0 Å². The Balaban J connectivity index is 2.64. The molecule has 0 heterocycles. The molecule has 0 aliphatic heterocycles. The van der Waals surface area contributed by atoms with Gasteiger partial charge in [-0.25, -0.2) is 4.79 Å². The van der Waals surface area contributed by atoms with Crippen LogP contribution in [0.25, 0.3) is 0 Å². The van der Waals surface area contributed by atoms with Crippen LogP contribution in [-0.4, -0.2) is 32.7 Å². The molecule has 0 fully saturated rings. The van der Waals surface area contributed by atoms with Crippen LogP contribution in [0.2, 0.25) is 0 Å². The van der Waals surface area contributed by atoms with Crippen LogP contribution in [0.5, 0.6) is 11.5 Å². The zero-order valence-corrected chi connectivity index (χ0v) is 14.3. The van der Waals surface area contributed by atoms with Crippen LogP contribution in [-0.2, 0) is 14.3 Å². The molecule has 0 saturated carbocycles. The topological polar surface area (TPSA) is 91.1 Å². The third kappa shape index (κ3) is 3.82. The van der Waals surface area contributed by atoms with Crippen LogP contribution >= 0.6 is 0 Å². The second-order valence-corrected chi connectivity index (χ2v) is 4.96. The van der Waals surface area contributed by atoms with Gasteiger partial charge in [0.1, 0.15) is 11.5 Å². The molecule has 132 valence electrons. The van der Waals surface area contributed by atoms with Gasteiger partial charge >= 0.3 is 11.9 Å². The Hall–Kier alpha value is -3.22. The summed E-state index contributed by atoms with van der Waals surface area (Å²) in [6.07, 6.45) is 0. The van der Waals surface area contributed by atoms with Gasteiger partial charge in [0.05, 0.1) is 32.2 Å². The fourth-order valence-corrected chi connectivity index (χ4v) is 2.31. The number of carbonyl (C=O) groups excluding carboxylic acids is 2. The summed E-state index contributed by atoms with van der Waals surface area (Å²) in [7, 11) is 2.91. The first-order valence-corrected chi connectivity index (χ1v) is 7.61. The summed E-state index contributed by atoms with van der Waals surface area (Å²) in [6, 6.07) is 11.8. The molecule has 25 heavy (non-hydrogen) atoms. The minimum Gasteiger partial charge on any atom is -0.495 e. The molecular weight excluding hydrogens is 324 g/mol. The highest BCUT2D eigenvalue weighted by Gasteiger charge is 2.29. The number of hydrogen-bond donors (Lipinski definition) is 1. The first-order valence-electron chi connectivity index (χ1n) is 7.61. The van der Waals surface area contributed by atoms with E-state index in [0.717, 1.165) is 0 Å². The Kier molecular flexibility index (Phi) is 5.84. The molecule has 2 N–H and O–H groups in total. The molecule has 0 aliphatic rings. The van der Waals surface area contributed by atoms with Crippen LogP contribution in [0.1, 0.15) is 6.92 Å². The Labute approximate surface area is 145 Å². The second kappa shape index (κ2) is 8.05. The standard InChI is InChI=1S/C18H20N2O5/c1-4-25-18(22)17(21)20(12-8-6-5-7-9-12)14-11-15(23-2)13(19)10-16(14)24-3/h5-11H,4,19H2,1-3H3. The number of ether oxygens (including phenoxy) is 3. The van der Waals surface area contributed by atoms with E-state index >= 15 is 0 Å². The maximum Gasteiger partial charge on any atom is 0.397 e. The smallest absolute Gasteiger partial charge is 0.397 e. The molecule has 7 heteroatoms. The van der Waals surface area contributed by atoms with E-state index in [1.54, 1.807) is 37.3 Å². The van der Waals surface area contributed by atoms with Crippen LogP contribution in [0, 0.1) is 0 Å². The lowest BCUT2D eigenvalue weighted by Gasteiger charge is -2.24. The number of hydrogen-bond acceptors (Lipinski definition) is 6. The molecule has 0 unspecified atom stereocenters. The number of rotatable bonds is 5. The maximum atomic E-state index is 12.7. The quantitative estimate of drug-likeness (QED) is 0.509. The third-order valence-electron chi connectivity index (χ3n) is 3.44. The molecule has 0 radical (unpaired) electrons. The van der Waals surface area contributed by atoms with Crippen molar-refractivity contribution < 1.29 is 23.8 Å². The van der Waals surface area contributed by atoms with Gasteiger partial charge in [-0.05, 0) is 19.1 Å². The number of nitrogen functional groups attached to an aromatic ring is 1. The predicted molar refractivity (Wildman–Crippen MR) is 94.2 cm³/mol. The number of amides is 1. The van der Waals surface area contributed by atoms with Crippen molar-refractivity contribution in [2.45, 2.75) is 6.92 Å². The fraction of sp³-hybridized carbons (Fsp3) is 0.222. The molecule has 2 aromatic rings. The SMILES string of the molecule is CCOC(=O)C(=O)N(c1ccccc1)c1cc(OC)c(N)cc1OC. The normalized spacial score (nSPS) is 10.0. The average Bonchev–Trinajstić information content (AvgIpc) is 2.63. The highest BCUT2D eigenvalue weighted by atomic mass is 16.5. The van der Waals surface area contributed by atoms with Crippen molar-refractivity contribution in [2.75, 3.05) is 31.5 Å².